The Morgan fingerprint density at radius 2 is 2.11 bits per heavy atom. The lowest BCUT2D eigenvalue weighted by Gasteiger charge is -2.32. The van der Waals surface area contributed by atoms with Gasteiger partial charge in [0, 0.05) is 20.0 Å². The van der Waals surface area contributed by atoms with Gasteiger partial charge in [0.15, 0.2) is 0 Å². The Morgan fingerprint density at radius 3 is 2.58 bits per heavy atom. The first-order valence-electron chi connectivity index (χ1n) is 6.15. The summed E-state index contributed by atoms with van der Waals surface area (Å²) in [6.07, 6.45) is 2.89. The van der Waals surface area contributed by atoms with Crippen molar-refractivity contribution in [1.82, 2.24) is 9.62 Å². The highest BCUT2D eigenvalue weighted by molar-refractivity contribution is 7.88. The Kier molecular flexibility index (Phi) is 5.30. The minimum atomic E-state index is -3.24. The number of piperidine rings is 1. The second-order valence-corrected chi connectivity index (χ2v) is 6.94. The van der Waals surface area contributed by atoms with Crippen molar-refractivity contribution in [3.05, 3.63) is 0 Å². The molecular weight excluding hydrogens is 272 g/mol. The Balaban J connectivity index is 2.64. The van der Waals surface area contributed by atoms with Crippen LogP contribution in [-0.2, 0) is 19.6 Å². The molecule has 110 valence electrons. The van der Waals surface area contributed by atoms with Crippen molar-refractivity contribution in [2.45, 2.75) is 32.2 Å². The lowest BCUT2D eigenvalue weighted by Crippen LogP contribution is -2.45. The van der Waals surface area contributed by atoms with Gasteiger partial charge >= 0.3 is 5.97 Å². The van der Waals surface area contributed by atoms with Crippen LogP contribution in [0, 0.1) is 5.92 Å². The van der Waals surface area contributed by atoms with Crippen molar-refractivity contribution in [3.63, 3.8) is 0 Å². The largest absolute Gasteiger partial charge is 0.480 e. The van der Waals surface area contributed by atoms with E-state index in [1.165, 1.54) is 11.2 Å². The lowest BCUT2D eigenvalue weighted by molar-refractivity contribution is -0.142. The third-order valence-corrected chi connectivity index (χ3v) is 4.47. The fraction of sp³-hybridized carbons (Fsp3) is 0.818. The van der Waals surface area contributed by atoms with Crippen molar-refractivity contribution in [3.8, 4) is 0 Å². The molecule has 0 spiro atoms. The van der Waals surface area contributed by atoms with Crippen LogP contribution in [0.3, 0.4) is 0 Å². The van der Waals surface area contributed by atoms with E-state index in [2.05, 4.69) is 5.32 Å². The van der Waals surface area contributed by atoms with E-state index >= 15 is 0 Å². The number of carbonyl (C=O) groups excluding carboxylic acids is 1. The Morgan fingerprint density at radius 1 is 1.47 bits per heavy atom. The van der Waals surface area contributed by atoms with Gasteiger partial charge in [-0.3, -0.25) is 4.79 Å². The first kappa shape index (κ1) is 15.9. The molecule has 19 heavy (non-hydrogen) atoms. The summed E-state index contributed by atoms with van der Waals surface area (Å²) in [6, 6.07) is -0.956. The quantitative estimate of drug-likeness (QED) is 0.720. The standard InChI is InChI=1S/C11H20N2O5S/c1-8(14)12-10(11(15)16)6-9-4-3-5-13(7-9)19(2,17)18/h9-10H,3-7H2,1-2H3,(H,12,14)(H,15,16). The zero-order chi connectivity index (χ0) is 14.6. The summed E-state index contributed by atoms with van der Waals surface area (Å²) in [5, 5.41) is 11.4. The minimum absolute atomic E-state index is 0.0450. The summed E-state index contributed by atoms with van der Waals surface area (Å²) in [6.45, 7) is 2.06. The molecule has 0 aromatic heterocycles. The number of carbonyl (C=O) groups is 2. The van der Waals surface area contributed by atoms with E-state index in [-0.39, 0.29) is 12.3 Å². The smallest absolute Gasteiger partial charge is 0.326 e. The average molecular weight is 292 g/mol. The molecule has 8 heteroatoms. The molecule has 0 aromatic rings. The maximum absolute atomic E-state index is 11.5. The van der Waals surface area contributed by atoms with Crippen LogP contribution < -0.4 is 5.32 Å². The first-order valence-corrected chi connectivity index (χ1v) is 8.00. The maximum Gasteiger partial charge on any atom is 0.326 e. The van der Waals surface area contributed by atoms with E-state index in [0.29, 0.717) is 19.5 Å². The van der Waals surface area contributed by atoms with Crippen molar-refractivity contribution in [2.24, 2.45) is 5.92 Å². The first-order chi connectivity index (χ1) is 8.70. The molecule has 1 heterocycles. The van der Waals surface area contributed by atoms with E-state index in [0.717, 1.165) is 12.7 Å². The summed E-state index contributed by atoms with van der Waals surface area (Å²) < 4.78 is 24.3. The summed E-state index contributed by atoms with van der Waals surface area (Å²) in [5.41, 5.74) is 0. The molecule has 2 N–H and O–H groups in total. The van der Waals surface area contributed by atoms with Crippen LogP contribution in [0.4, 0.5) is 0 Å². The molecular formula is C11H20N2O5S. The molecule has 2 unspecified atom stereocenters. The molecule has 2 atom stereocenters. The molecule has 7 nitrogen and oxygen atoms in total. The Bertz CT molecular complexity index is 448. The van der Waals surface area contributed by atoms with E-state index < -0.39 is 27.9 Å². The third-order valence-electron chi connectivity index (χ3n) is 3.20. The molecule has 1 saturated heterocycles. The van der Waals surface area contributed by atoms with Crippen molar-refractivity contribution < 1.29 is 23.1 Å². The van der Waals surface area contributed by atoms with Crippen LogP contribution in [0.25, 0.3) is 0 Å². The van der Waals surface area contributed by atoms with Crippen LogP contribution in [0.15, 0.2) is 0 Å². The van der Waals surface area contributed by atoms with Gasteiger partial charge < -0.3 is 10.4 Å². The lowest BCUT2D eigenvalue weighted by atomic mass is 9.92. The Labute approximate surface area is 113 Å². The maximum atomic E-state index is 11.5. The Hall–Kier alpha value is -1.15. The highest BCUT2D eigenvalue weighted by atomic mass is 32.2. The molecule has 1 rings (SSSR count). The molecule has 0 radical (unpaired) electrons. The van der Waals surface area contributed by atoms with Crippen molar-refractivity contribution >= 4 is 21.9 Å². The molecule has 1 fully saturated rings. The molecule has 1 amide bonds. The normalized spacial score (nSPS) is 22.7. The van der Waals surface area contributed by atoms with Gasteiger partial charge in [0.2, 0.25) is 15.9 Å². The van der Waals surface area contributed by atoms with Crippen molar-refractivity contribution in [1.29, 1.82) is 0 Å². The summed E-state index contributed by atoms with van der Waals surface area (Å²) in [7, 11) is -3.24. The SMILES string of the molecule is CC(=O)NC(CC1CCCN(S(C)(=O)=O)C1)C(=O)O. The van der Waals surface area contributed by atoms with Crippen LogP contribution in [0.5, 0.6) is 0 Å². The van der Waals surface area contributed by atoms with E-state index in [1.807, 2.05) is 0 Å². The van der Waals surface area contributed by atoms with Gasteiger partial charge in [-0.1, -0.05) is 0 Å². The number of nitrogens with zero attached hydrogens (tertiary/aromatic N) is 1. The van der Waals surface area contributed by atoms with E-state index in [1.54, 1.807) is 0 Å². The van der Waals surface area contributed by atoms with Crippen LogP contribution >= 0.6 is 0 Å². The number of carboxylic acids is 1. The second kappa shape index (κ2) is 6.33. The number of hydrogen-bond acceptors (Lipinski definition) is 4. The van der Waals surface area contributed by atoms with Gasteiger partial charge in [-0.2, -0.15) is 0 Å². The highest BCUT2D eigenvalue weighted by Gasteiger charge is 2.30. The van der Waals surface area contributed by atoms with Crippen molar-refractivity contribution in [2.75, 3.05) is 19.3 Å². The van der Waals surface area contributed by atoms with Gasteiger partial charge in [-0.05, 0) is 25.2 Å². The van der Waals surface area contributed by atoms with Gasteiger partial charge in [0.25, 0.3) is 0 Å². The number of sulfonamides is 1. The molecule has 1 aliphatic rings. The fourth-order valence-corrected chi connectivity index (χ4v) is 3.26. The van der Waals surface area contributed by atoms with E-state index in [4.69, 9.17) is 5.11 Å². The van der Waals surface area contributed by atoms with Gasteiger partial charge in [0.1, 0.15) is 6.04 Å². The molecule has 0 aliphatic carbocycles. The predicted molar refractivity (Wildman–Crippen MR) is 69.0 cm³/mol. The van der Waals surface area contributed by atoms with Gasteiger partial charge in [0.05, 0.1) is 6.26 Å². The monoisotopic (exact) mass is 292 g/mol. The van der Waals surface area contributed by atoms with Gasteiger partial charge in [-0.25, -0.2) is 17.5 Å². The molecule has 0 saturated carbocycles. The minimum Gasteiger partial charge on any atom is -0.480 e. The number of rotatable bonds is 5. The second-order valence-electron chi connectivity index (χ2n) is 4.96. The third kappa shape index (κ3) is 5.15. The predicted octanol–water partition coefficient (Wildman–Crippen LogP) is -0.363. The zero-order valence-corrected chi connectivity index (χ0v) is 11.9. The number of carboxylic acid groups (broad SMARTS) is 1. The number of amides is 1. The van der Waals surface area contributed by atoms with Crippen LogP contribution in [-0.4, -0.2) is 55.1 Å². The van der Waals surface area contributed by atoms with E-state index in [9.17, 15) is 18.0 Å². The average Bonchev–Trinajstić information content (AvgIpc) is 2.26. The summed E-state index contributed by atoms with van der Waals surface area (Å²) in [4.78, 5) is 22.0. The van der Waals surface area contributed by atoms with Crippen LogP contribution in [0.2, 0.25) is 0 Å². The topological polar surface area (TPSA) is 104 Å². The number of nitrogens with one attached hydrogen (secondary N) is 1. The number of aliphatic carboxylic acids is 1. The van der Waals surface area contributed by atoms with Crippen LogP contribution in [0.1, 0.15) is 26.2 Å². The molecule has 1 aliphatic heterocycles. The number of hydrogen-bond donors (Lipinski definition) is 2. The fourth-order valence-electron chi connectivity index (χ4n) is 2.32. The summed E-state index contributed by atoms with van der Waals surface area (Å²) in [5.74, 6) is -1.54. The highest BCUT2D eigenvalue weighted by Crippen LogP contribution is 2.22. The summed E-state index contributed by atoms with van der Waals surface area (Å²) >= 11 is 0. The zero-order valence-electron chi connectivity index (χ0n) is 11.1. The molecule has 0 aromatic carbocycles. The van der Waals surface area contributed by atoms with Gasteiger partial charge in [-0.15, -0.1) is 0 Å². The molecule has 0 bridgehead atoms.